The molecule has 18 heavy (non-hydrogen) atoms. The second-order valence-corrected chi connectivity index (χ2v) is 6.46. The van der Waals surface area contributed by atoms with Crippen molar-refractivity contribution >= 4 is 5.91 Å². The monoisotopic (exact) mass is 250 g/mol. The van der Waals surface area contributed by atoms with Crippen molar-refractivity contribution in [2.24, 2.45) is 17.8 Å². The van der Waals surface area contributed by atoms with E-state index in [-0.39, 0.29) is 0 Å². The van der Waals surface area contributed by atoms with E-state index in [4.69, 9.17) is 0 Å². The Kier molecular flexibility index (Phi) is 3.60. The van der Waals surface area contributed by atoms with Gasteiger partial charge in [-0.3, -0.25) is 4.79 Å². The number of likely N-dealkylation sites (tertiary alicyclic amines) is 1. The summed E-state index contributed by atoms with van der Waals surface area (Å²) in [5.74, 6) is 2.45. The van der Waals surface area contributed by atoms with Crippen molar-refractivity contribution < 1.29 is 4.79 Å². The minimum absolute atomic E-state index is 0.379. The molecule has 3 aliphatic rings. The first kappa shape index (κ1) is 12.5. The fraction of sp³-hybridized carbons (Fsp3) is 0.933. The third-order valence-corrected chi connectivity index (χ3v) is 5.28. The summed E-state index contributed by atoms with van der Waals surface area (Å²) >= 11 is 0. The lowest BCUT2D eigenvalue weighted by Gasteiger charge is -2.36. The van der Waals surface area contributed by atoms with Gasteiger partial charge in [0.25, 0.3) is 0 Å². The van der Waals surface area contributed by atoms with Gasteiger partial charge in [0.05, 0.1) is 0 Å². The van der Waals surface area contributed by atoms with Crippen LogP contribution in [0.15, 0.2) is 0 Å². The topological polar surface area (TPSA) is 32.3 Å². The summed E-state index contributed by atoms with van der Waals surface area (Å²) < 4.78 is 0. The Morgan fingerprint density at radius 1 is 1.28 bits per heavy atom. The molecule has 3 heteroatoms. The van der Waals surface area contributed by atoms with Crippen LogP contribution < -0.4 is 5.32 Å². The molecule has 1 amide bonds. The van der Waals surface area contributed by atoms with Crippen LogP contribution >= 0.6 is 0 Å². The first-order chi connectivity index (χ1) is 8.78. The van der Waals surface area contributed by atoms with Crippen LogP contribution in [0.25, 0.3) is 0 Å². The van der Waals surface area contributed by atoms with Gasteiger partial charge in [0, 0.05) is 25.0 Å². The maximum atomic E-state index is 12.6. The first-order valence-corrected chi connectivity index (χ1v) is 7.80. The predicted octanol–water partition coefficient (Wildman–Crippen LogP) is 2.02. The number of nitrogens with zero attached hydrogens (tertiary/aromatic N) is 1. The third kappa shape index (κ3) is 2.29. The average molecular weight is 250 g/mol. The number of carbonyl (C=O) groups is 1. The standard InChI is InChI=1S/C15H26N2O/c1-2-16-13-4-3-7-17(10-13)15(18)14-9-11-5-6-12(14)8-11/h11-14,16H,2-10H2,1H3. The van der Waals surface area contributed by atoms with Crippen molar-refractivity contribution in [3.05, 3.63) is 0 Å². The Morgan fingerprint density at radius 3 is 2.83 bits per heavy atom. The molecule has 1 aliphatic heterocycles. The van der Waals surface area contributed by atoms with E-state index in [1.807, 2.05) is 0 Å². The van der Waals surface area contributed by atoms with Crippen molar-refractivity contribution in [3.63, 3.8) is 0 Å². The first-order valence-electron chi connectivity index (χ1n) is 7.80. The zero-order chi connectivity index (χ0) is 12.5. The molecule has 2 aliphatic carbocycles. The lowest BCUT2D eigenvalue weighted by atomic mass is 9.87. The molecule has 3 nitrogen and oxygen atoms in total. The van der Waals surface area contributed by atoms with E-state index in [9.17, 15) is 4.79 Å². The largest absolute Gasteiger partial charge is 0.341 e. The molecule has 2 saturated carbocycles. The van der Waals surface area contributed by atoms with Crippen LogP contribution in [0.4, 0.5) is 0 Å². The molecular formula is C15H26N2O. The Balaban J connectivity index is 1.58. The Morgan fingerprint density at radius 2 is 2.17 bits per heavy atom. The van der Waals surface area contributed by atoms with Crippen molar-refractivity contribution in [1.29, 1.82) is 0 Å². The number of hydrogen-bond acceptors (Lipinski definition) is 2. The van der Waals surface area contributed by atoms with Gasteiger partial charge in [0.1, 0.15) is 0 Å². The molecule has 1 saturated heterocycles. The van der Waals surface area contributed by atoms with Crippen molar-refractivity contribution in [2.45, 2.75) is 51.5 Å². The molecule has 1 N–H and O–H groups in total. The van der Waals surface area contributed by atoms with Crippen LogP contribution in [0.1, 0.15) is 45.4 Å². The zero-order valence-corrected chi connectivity index (χ0v) is 11.5. The van der Waals surface area contributed by atoms with E-state index < -0.39 is 0 Å². The SMILES string of the molecule is CCNC1CCCN(C(=O)C2CC3CCC2C3)C1. The number of hydrogen-bond donors (Lipinski definition) is 1. The quantitative estimate of drug-likeness (QED) is 0.831. The van der Waals surface area contributed by atoms with Crippen molar-refractivity contribution in [3.8, 4) is 0 Å². The second kappa shape index (κ2) is 5.20. The molecule has 0 aromatic heterocycles. The van der Waals surface area contributed by atoms with E-state index in [0.29, 0.717) is 17.9 Å². The number of rotatable bonds is 3. The van der Waals surface area contributed by atoms with E-state index in [1.165, 1.54) is 38.5 Å². The smallest absolute Gasteiger partial charge is 0.226 e. The maximum Gasteiger partial charge on any atom is 0.226 e. The molecule has 3 fully saturated rings. The molecule has 3 rings (SSSR count). The summed E-state index contributed by atoms with van der Waals surface area (Å²) in [5.41, 5.74) is 0. The third-order valence-electron chi connectivity index (χ3n) is 5.28. The van der Waals surface area contributed by atoms with Crippen LogP contribution in [0, 0.1) is 17.8 Å². The molecule has 0 radical (unpaired) electrons. The van der Waals surface area contributed by atoms with Crippen LogP contribution in [0.5, 0.6) is 0 Å². The van der Waals surface area contributed by atoms with Gasteiger partial charge in [-0.05, 0) is 50.5 Å². The highest BCUT2D eigenvalue weighted by molar-refractivity contribution is 5.79. The summed E-state index contributed by atoms with van der Waals surface area (Å²) in [6.07, 6.45) is 7.62. The van der Waals surface area contributed by atoms with E-state index in [1.54, 1.807) is 0 Å². The van der Waals surface area contributed by atoms with Crippen LogP contribution in [0.2, 0.25) is 0 Å². The van der Waals surface area contributed by atoms with Crippen LogP contribution in [0.3, 0.4) is 0 Å². The maximum absolute atomic E-state index is 12.6. The van der Waals surface area contributed by atoms with Gasteiger partial charge in [0.15, 0.2) is 0 Å². The number of nitrogens with one attached hydrogen (secondary N) is 1. The van der Waals surface area contributed by atoms with E-state index in [0.717, 1.165) is 31.5 Å². The summed E-state index contributed by atoms with van der Waals surface area (Å²) in [6.45, 7) is 5.10. The Bertz CT molecular complexity index is 316. The van der Waals surface area contributed by atoms with Gasteiger partial charge in [-0.25, -0.2) is 0 Å². The van der Waals surface area contributed by atoms with Gasteiger partial charge in [0.2, 0.25) is 5.91 Å². The highest BCUT2D eigenvalue weighted by Gasteiger charge is 2.44. The highest BCUT2D eigenvalue weighted by Crippen LogP contribution is 2.49. The Hall–Kier alpha value is -0.570. The average Bonchev–Trinajstić information content (AvgIpc) is 3.01. The second-order valence-electron chi connectivity index (χ2n) is 6.46. The molecule has 4 unspecified atom stereocenters. The number of carbonyl (C=O) groups excluding carboxylic acids is 1. The summed E-state index contributed by atoms with van der Waals surface area (Å²) in [6, 6.07) is 0.534. The van der Waals surface area contributed by atoms with Gasteiger partial charge in [-0.15, -0.1) is 0 Å². The van der Waals surface area contributed by atoms with Gasteiger partial charge in [-0.2, -0.15) is 0 Å². The molecule has 1 heterocycles. The number of fused-ring (bicyclic) bond motifs is 2. The minimum Gasteiger partial charge on any atom is -0.341 e. The van der Waals surface area contributed by atoms with Crippen molar-refractivity contribution in [1.82, 2.24) is 10.2 Å². The molecule has 0 aromatic carbocycles. The summed E-state index contributed by atoms with van der Waals surface area (Å²) in [7, 11) is 0. The normalized spacial score (nSPS) is 39.3. The van der Waals surface area contributed by atoms with Gasteiger partial charge < -0.3 is 10.2 Å². The molecular weight excluding hydrogens is 224 g/mol. The number of likely N-dealkylation sites (N-methyl/N-ethyl adjacent to an activating group) is 1. The van der Waals surface area contributed by atoms with Crippen LogP contribution in [-0.4, -0.2) is 36.5 Å². The number of piperidine rings is 1. The fourth-order valence-electron chi connectivity index (χ4n) is 4.41. The van der Waals surface area contributed by atoms with Crippen LogP contribution in [-0.2, 0) is 4.79 Å². The zero-order valence-electron chi connectivity index (χ0n) is 11.5. The van der Waals surface area contributed by atoms with Gasteiger partial charge >= 0.3 is 0 Å². The van der Waals surface area contributed by atoms with Gasteiger partial charge in [-0.1, -0.05) is 13.3 Å². The van der Waals surface area contributed by atoms with Crippen molar-refractivity contribution in [2.75, 3.05) is 19.6 Å². The van der Waals surface area contributed by atoms with E-state index in [2.05, 4.69) is 17.1 Å². The summed E-state index contributed by atoms with van der Waals surface area (Å²) in [4.78, 5) is 14.8. The van der Waals surface area contributed by atoms with E-state index >= 15 is 0 Å². The summed E-state index contributed by atoms with van der Waals surface area (Å²) in [5, 5.41) is 3.50. The molecule has 0 spiro atoms. The molecule has 2 bridgehead atoms. The lowest BCUT2D eigenvalue weighted by Crippen LogP contribution is -2.50. The fourth-order valence-corrected chi connectivity index (χ4v) is 4.41. The molecule has 0 aromatic rings. The lowest BCUT2D eigenvalue weighted by molar-refractivity contribution is -0.138. The predicted molar refractivity (Wildman–Crippen MR) is 72.2 cm³/mol. The highest BCUT2D eigenvalue weighted by atomic mass is 16.2. The minimum atomic E-state index is 0.379. The Labute approximate surface area is 110 Å². The molecule has 102 valence electrons. The molecule has 4 atom stereocenters. The number of amides is 1.